The van der Waals surface area contributed by atoms with Crippen molar-refractivity contribution in [3.05, 3.63) is 47.2 Å². The van der Waals surface area contributed by atoms with Crippen molar-refractivity contribution in [3.8, 4) is 0 Å². The van der Waals surface area contributed by atoms with E-state index in [1.54, 1.807) is 19.9 Å². The molecule has 1 aromatic carbocycles. The van der Waals surface area contributed by atoms with E-state index >= 15 is 0 Å². The number of nitrogens with one attached hydrogen (secondary N) is 2. The molecular formula is C19H25N3O3S. The second-order valence-electron chi connectivity index (χ2n) is 6.20. The van der Waals surface area contributed by atoms with Crippen molar-refractivity contribution in [2.75, 3.05) is 11.1 Å². The van der Waals surface area contributed by atoms with Crippen molar-refractivity contribution in [1.82, 2.24) is 10.5 Å². The van der Waals surface area contributed by atoms with Crippen molar-refractivity contribution in [2.24, 2.45) is 0 Å². The number of amides is 2. The van der Waals surface area contributed by atoms with Crippen LogP contribution in [0.3, 0.4) is 0 Å². The molecule has 2 aromatic rings. The fourth-order valence-electron chi connectivity index (χ4n) is 2.39. The van der Waals surface area contributed by atoms with Crippen LogP contribution in [0, 0.1) is 13.8 Å². The summed E-state index contributed by atoms with van der Waals surface area (Å²) >= 11 is 1.29. The third kappa shape index (κ3) is 5.91. The van der Waals surface area contributed by atoms with Gasteiger partial charge in [-0.15, -0.1) is 11.8 Å². The molecule has 140 valence electrons. The van der Waals surface area contributed by atoms with Gasteiger partial charge < -0.3 is 15.2 Å². The van der Waals surface area contributed by atoms with Gasteiger partial charge in [0.05, 0.1) is 17.0 Å². The smallest absolute Gasteiger partial charge is 0.238 e. The number of thioether (sulfide) groups is 1. The largest absolute Gasteiger partial charge is 0.360 e. The molecule has 0 saturated carbocycles. The number of nitrogens with zero attached hydrogens (tertiary/aromatic N) is 1. The van der Waals surface area contributed by atoms with Crippen LogP contribution in [0.15, 0.2) is 34.9 Å². The maximum atomic E-state index is 12.3. The molecule has 0 spiro atoms. The Kier molecular flexibility index (Phi) is 7.26. The Balaban J connectivity index is 1.81. The fourth-order valence-corrected chi connectivity index (χ4v) is 3.08. The van der Waals surface area contributed by atoms with E-state index in [0.29, 0.717) is 11.6 Å². The number of carbonyl (C=O) groups is 2. The highest BCUT2D eigenvalue weighted by Gasteiger charge is 2.18. The Hall–Kier alpha value is -2.28. The van der Waals surface area contributed by atoms with E-state index in [1.165, 1.54) is 17.3 Å². The normalized spacial score (nSPS) is 13.1. The van der Waals surface area contributed by atoms with Crippen LogP contribution in [0.2, 0.25) is 0 Å². The van der Waals surface area contributed by atoms with Crippen molar-refractivity contribution in [3.63, 3.8) is 0 Å². The third-order valence-corrected chi connectivity index (χ3v) is 5.08. The topological polar surface area (TPSA) is 84.2 Å². The Bertz CT molecular complexity index is 743. The summed E-state index contributed by atoms with van der Waals surface area (Å²) in [6.45, 7) is 7.58. The van der Waals surface area contributed by atoms with Gasteiger partial charge in [-0.25, -0.2) is 0 Å². The number of anilines is 1. The van der Waals surface area contributed by atoms with Crippen molar-refractivity contribution in [2.45, 2.75) is 45.4 Å². The Morgan fingerprint density at radius 2 is 1.92 bits per heavy atom. The Morgan fingerprint density at radius 3 is 2.50 bits per heavy atom. The van der Waals surface area contributed by atoms with Gasteiger partial charge in [0.1, 0.15) is 5.76 Å². The molecule has 2 N–H and O–H groups in total. The molecule has 1 heterocycles. The van der Waals surface area contributed by atoms with E-state index < -0.39 is 0 Å². The highest BCUT2D eigenvalue weighted by atomic mass is 32.2. The van der Waals surface area contributed by atoms with E-state index in [-0.39, 0.29) is 28.9 Å². The number of rotatable bonds is 8. The minimum Gasteiger partial charge on any atom is -0.360 e. The molecule has 6 nitrogen and oxygen atoms in total. The van der Waals surface area contributed by atoms with Crippen LogP contribution in [0.1, 0.15) is 43.2 Å². The summed E-state index contributed by atoms with van der Waals surface area (Å²) in [4.78, 5) is 24.4. The first-order chi connectivity index (χ1) is 12.4. The van der Waals surface area contributed by atoms with Gasteiger partial charge in [0.2, 0.25) is 11.8 Å². The first-order valence-corrected chi connectivity index (χ1v) is 9.65. The van der Waals surface area contributed by atoms with Crippen molar-refractivity contribution >= 4 is 29.4 Å². The SMILES string of the molecule is CCC(NC(=O)CSC(C)C(=O)Nc1cc(C)on1)c1ccc(C)cc1. The van der Waals surface area contributed by atoms with Gasteiger partial charge in [-0.2, -0.15) is 0 Å². The molecule has 0 aliphatic carbocycles. The first kappa shape index (κ1) is 20.0. The van der Waals surface area contributed by atoms with Crippen LogP contribution in [0.5, 0.6) is 0 Å². The number of aromatic nitrogens is 1. The summed E-state index contributed by atoms with van der Waals surface area (Å²) in [5.41, 5.74) is 2.27. The molecule has 26 heavy (non-hydrogen) atoms. The number of benzene rings is 1. The van der Waals surface area contributed by atoms with Gasteiger partial charge in [0.15, 0.2) is 5.82 Å². The molecule has 1 aromatic heterocycles. The molecule has 0 saturated heterocycles. The van der Waals surface area contributed by atoms with Crippen LogP contribution in [0.25, 0.3) is 0 Å². The first-order valence-electron chi connectivity index (χ1n) is 8.60. The standard InChI is InChI=1S/C19H25N3O3S/c1-5-16(15-8-6-12(2)7-9-15)20-18(23)11-26-14(4)19(24)21-17-10-13(3)25-22-17/h6-10,14,16H,5,11H2,1-4H3,(H,20,23)(H,21,22,24). The van der Waals surface area contributed by atoms with Gasteiger partial charge in [-0.3, -0.25) is 9.59 Å². The average molecular weight is 375 g/mol. The van der Waals surface area contributed by atoms with Gasteiger partial charge in [0.25, 0.3) is 0 Å². The van der Waals surface area contributed by atoms with E-state index in [2.05, 4.69) is 15.8 Å². The molecule has 0 bridgehead atoms. The van der Waals surface area contributed by atoms with Crippen molar-refractivity contribution in [1.29, 1.82) is 0 Å². The molecule has 0 aliphatic rings. The number of carbonyl (C=O) groups excluding carboxylic acids is 2. The lowest BCUT2D eigenvalue weighted by molar-refractivity contribution is -0.119. The zero-order chi connectivity index (χ0) is 19.1. The maximum Gasteiger partial charge on any atom is 0.238 e. The summed E-state index contributed by atoms with van der Waals surface area (Å²) in [6.07, 6.45) is 0.807. The molecule has 0 radical (unpaired) electrons. The van der Waals surface area contributed by atoms with E-state index in [9.17, 15) is 9.59 Å². The quantitative estimate of drug-likeness (QED) is 0.736. The minimum absolute atomic E-state index is 0.0223. The maximum absolute atomic E-state index is 12.3. The fraction of sp³-hybridized carbons (Fsp3) is 0.421. The summed E-state index contributed by atoms with van der Waals surface area (Å²) in [5.74, 6) is 0.937. The lowest BCUT2D eigenvalue weighted by Crippen LogP contribution is -2.31. The zero-order valence-corrected chi connectivity index (χ0v) is 16.4. The molecule has 0 aliphatic heterocycles. The Labute approximate surface area is 158 Å². The predicted molar refractivity (Wildman–Crippen MR) is 104 cm³/mol. The average Bonchev–Trinajstić information content (AvgIpc) is 3.03. The summed E-state index contributed by atoms with van der Waals surface area (Å²) in [7, 11) is 0. The van der Waals surface area contributed by atoms with E-state index in [1.807, 2.05) is 38.1 Å². The van der Waals surface area contributed by atoms with Gasteiger partial charge in [-0.05, 0) is 32.8 Å². The molecule has 2 amide bonds. The van der Waals surface area contributed by atoms with Crippen LogP contribution >= 0.6 is 11.8 Å². The molecule has 7 heteroatoms. The van der Waals surface area contributed by atoms with E-state index in [4.69, 9.17) is 4.52 Å². The third-order valence-electron chi connectivity index (χ3n) is 3.94. The highest BCUT2D eigenvalue weighted by molar-refractivity contribution is 8.01. The molecular weight excluding hydrogens is 350 g/mol. The van der Waals surface area contributed by atoms with Gasteiger partial charge in [0, 0.05) is 6.07 Å². The molecule has 2 unspecified atom stereocenters. The van der Waals surface area contributed by atoms with Gasteiger partial charge in [-0.1, -0.05) is 41.9 Å². The second-order valence-corrected chi connectivity index (χ2v) is 7.53. The number of hydrogen-bond acceptors (Lipinski definition) is 5. The lowest BCUT2D eigenvalue weighted by atomic mass is 10.0. The van der Waals surface area contributed by atoms with E-state index in [0.717, 1.165) is 12.0 Å². The van der Waals surface area contributed by atoms with Crippen LogP contribution in [-0.2, 0) is 9.59 Å². The second kappa shape index (κ2) is 9.43. The van der Waals surface area contributed by atoms with Crippen LogP contribution in [0.4, 0.5) is 5.82 Å². The number of hydrogen-bond donors (Lipinski definition) is 2. The molecule has 0 fully saturated rings. The number of aryl methyl sites for hydroxylation is 2. The molecule has 2 rings (SSSR count). The predicted octanol–water partition coefficient (Wildman–Crippen LogP) is 3.62. The summed E-state index contributed by atoms with van der Waals surface area (Å²) in [6, 6.07) is 9.77. The van der Waals surface area contributed by atoms with Crippen molar-refractivity contribution < 1.29 is 14.1 Å². The Morgan fingerprint density at radius 1 is 1.23 bits per heavy atom. The summed E-state index contributed by atoms with van der Waals surface area (Å²) < 4.78 is 4.91. The highest BCUT2D eigenvalue weighted by Crippen LogP contribution is 2.18. The zero-order valence-electron chi connectivity index (χ0n) is 15.5. The van der Waals surface area contributed by atoms with Crippen LogP contribution in [-0.4, -0.2) is 28.0 Å². The van der Waals surface area contributed by atoms with Crippen LogP contribution < -0.4 is 10.6 Å². The lowest BCUT2D eigenvalue weighted by Gasteiger charge is -2.18. The minimum atomic E-state index is -0.378. The molecule has 2 atom stereocenters. The summed E-state index contributed by atoms with van der Waals surface area (Å²) in [5, 5.41) is 9.05. The monoisotopic (exact) mass is 375 g/mol. The van der Waals surface area contributed by atoms with Gasteiger partial charge >= 0.3 is 0 Å².